The van der Waals surface area contributed by atoms with E-state index in [0.717, 1.165) is 16.7 Å². The summed E-state index contributed by atoms with van der Waals surface area (Å²) in [5, 5.41) is 13.8. The minimum atomic E-state index is -0.985. The molecule has 230 valence electrons. The standard InChI is InChI=1S/C34H33N5O6/c1-21(2)30(31(41)32-38-37-29(45-32)17-24-13-9-10-22(3)16-24)36-28(40)19-39-27-15-8-7-14-25(27)18-26(33(39)42)35-34(43)44-20-23-11-5-4-6-12-23/h4-16,18,21,30H,17,19-20H2,1-3H3,(H,35,43)(H,36,40). The van der Waals surface area contributed by atoms with E-state index in [1.807, 2.05) is 61.5 Å². The van der Waals surface area contributed by atoms with E-state index < -0.39 is 35.9 Å². The fourth-order valence-corrected chi connectivity index (χ4v) is 4.90. The summed E-state index contributed by atoms with van der Waals surface area (Å²) in [5.41, 5.74) is 2.66. The zero-order valence-corrected chi connectivity index (χ0v) is 25.2. The Morgan fingerprint density at radius 3 is 2.40 bits per heavy atom. The highest BCUT2D eigenvalue weighted by molar-refractivity contribution is 5.98. The maximum absolute atomic E-state index is 13.5. The third kappa shape index (κ3) is 7.69. The number of para-hydroxylation sites is 1. The van der Waals surface area contributed by atoms with E-state index in [-0.39, 0.29) is 30.0 Å². The lowest BCUT2D eigenvalue weighted by Gasteiger charge is -2.20. The molecule has 0 fully saturated rings. The SMILES string of the molecule is Cc1cccc(Cc2nnc(C(=O)C(NC(=O)Cn3c(=O)c(NC(=O)OCc4ccccc4)cc4ccccc43)C(C)C)o2)c1. The smallest absolute Gasteiger partial charge is 0.412 e. The summed E-state index contributed by atoms with van der Waals surface area (Å²) in [6.45, 7) is 5.15. The van der Waals surface area contributed by atoms with Crippen molar-refractivity contribution in [2.45, 2.75) is 46.4 Å². The number of carbonyl (C=O) groups is 3. The molecule has 0 saturated carbocycles. The molecule has 0 aliphatic heterocycles. The molecule has 5 rings (SSSR count). The first-order chi connectivity index (χ1) is 21.7. The summed E-state index contributed by atoms with van der Waals surface area (Å²) in [6, 6.07) is 24.5. The van der Waals surface area contributed by atoms with Crippen molar-refractivity contribution in [2.24, 2.45) is 5.92 Å². The number of aryl methyl sites for hydroxylation is 1. The van der Waals surface area contributed by atoms with Crippen LogP contribution in [-0.4, -0.2) is 38.6 Å². The van der Waals surface area contributed by atoms with Gasteiger partial charge in [0.05, 0.1) is 18.0 Å². The van der Waals surface area contributed by atoms with Gasteiger partial charge in [-0.1, -0.05) is 92.2 Å². The maximum Gasteiger partial charge on any atom is 0.412 e. The first-order valence-corrected chi connectivity index (χ1v) is 14.5. The zero-order chi connectivity index (χ0) is 31.9. The van der Waals surface area contributed by atoms with Crippen molar-refractivity contribution in [2.75, 3.05) is 5.32 Å². The molecular formula is C34H33N5O6. The molecule has 0 saturated heterocycles. The first-order valence-electron chi connectivity index (χ1n) is 14.5. The van der Waals surface area contributed by atoms with Gasteiger partial charge in [0.25, 0.3) is 11.4 Å². The van der Waals surface area contributed by atoms with Crippen LogP contribution < -0.4 is 16.2 Å². The van der Waals surface area contributed by atoms with Crippen molar-refractivity contribution >= 4 is 34.4 Å². The minimum Gasteiger partial charge on any atom is -0.444 e. The number of nitrogens with one attached hydrogen (secondary N) is 2. The summed E-state index contributed by atoms with van der Waals surface area (Å²) in [7, 11) is 0. The molecule has 0 radical (unpaired) electrons. The first kappa shape index (κ1) is 30.9. The fourth-order valence-electron chi connectivity index (χ4n) is 4.90. The number of amides is 2. The lowest BCUT2D eigenvalue weighted by molar-refractivity contribution is -0.122. The summed E-state index contributed by atoms with van der Waals surface area (Å²) < 4.78 is 12.2. The summed E-state index contributed by atoms with van der Waals surface area (Å²) in [4.78, 5) is 52.7. The number of hydrogen-bond donors (Lipinski definition) is 2. The monoisotopic (exact) mass is 607 g/mol. The predicted octanol–water partition coefficient (Wildman–Crippen LogP) is 5.06. The lowest BCUT2D eigenvalue weighted by atomic mass is 9.99. The molecule has 2 N–H and O–H groups in total. The van der Waals surface area contributed by atoms with Gasteiger partial charge in [-0.15, -0.1) is 10.2 Å². The third-order valence-corrected chi connectivity index (χ3v) is 7.14. The Morgan fingerprint density at radius 2 is 1.64 bits per heavy atom. The molecule has 0 bridgehead atoms. The number of anilines is 1. The Morgan fingerprint density at radius 1 is 0.911 bits per heavy atom. The maximum atomic E-state index is 13.5. The van der Waals surface area contributed by atoms with E-state index in [9.17, 15) is 19.2 Å². The van der Waals surface area contributed by atoms with Crippen LogP contribution in [0.25, 0.3) is 10.9 Å². The molecule has 1 unspecified atom stereocenters. The molecule has 45 heavy (non-hydrogen) atoms. The van der Waals surface area contributed by atoms with Crippen LogP contribution >= 0.6 is 0 Å². The predicted molar refractivity (Wildman–Crippen MR) is 168 cm³/mol. The second kappa shape index (κ2) is 13.8. The molecule has 11 heteroatoms. The summed E-state index contributed by atoms with van der Waals surface area (Å²) in [6.07, 6.45) is -0.449. The molecule has 0 aliphatic rings. The van der Waals surface area contributed by atoms with Crippen LogP contribution in [-0.2, 0) is 29.1 Å². The van der Waals surface area contributed by atoms with Crippen molar-refractivity contribution in [3.63, 3.8) is 0 Å². The van der Waals surface area contributed by atoms with Gasteiger partial charge in [0, 0.05) is 5.39 Å². The molecular weight excluding hydrogens is 574 g/mol. The quantitative estimate of drug-likeness (QED) is 0.198. The zero-order valence-electron chi connectivity index (χ0n) is 25.2. The average molecular weight is 608 g/mol. The second-order valence-electron chi connectivity index (χ2n) is 11.0. The van der Waals surface area contributed by atoms with Crippen molar-refractivity contribution in [3.8, 4) is 0 Å². The molecule has 2 heterocycles. The van der Waals surface area contributed by atoms with Crippen molar-refractivity contribution < 1.29 is 23.5 Å². The van der Waals surface area contributed by atoms with Gasteiger partial charge < -0.3 is 14.5 Å². The number of fused-ring (bicyclic) bond motifs is 1. The van der Waals surface area contributed by atoms with Crippen LogP contribution in [0, 0.1) is 12.8 Å². The lowest BCUT2D eigenvalue weighted by Crippen LogP contribution is -2.46. The Balaban J connectivity index is 1.31. The number of carbonyl (C=O) groups excluding carboxylic acids is 3. The highest BCUT2D eigenvalue weighted by Crippen LogP contribution is 2.18. The number of rotatable bonds is 11. The number of ether oxygens (including phenoxy) is 1. The van der Waals surface area contributed by atoms with E-state index in [1.165, 1.54) is 10.6 Å². The van der Waals surface area contributed by atoms with E-state index in [1.54, 1.807) is 38.1 Å². The molecule has 5 aromatic rings. The van der Waals surface area contributed by atoms with Gasteiger partial charge in [0.2, 0.25) is 17.6 Å². The van der Waals surface area contributed by atoms with Crippen LogP contribution in [0.15, 0.2) is 94.1 Å². The second-order valence-corrected chi connectivity index (χ2v) is 11.0. The van der Waals surface area contributed by atoms with E-state index in [0.29, 0.717) is 17.3 Å². The number of pyridine rings is 1. The minimum absolute atomic E-state index is 0.0228. The third-order valence-electron chi connectivity index (χ3n) is 7.14. The van der Waals surface area contributed by atoms with E-state index >= 15 is 0 Å². The van der Waals surface area contributed by atoms with Crippen LogP contribution in [0.4, 0.5) is 10.5 Å². The topological polar surface area (TPSA) is 145 Å². The van der Waals surface area contributed by atoms with Gasteiger partial charge in [-0.3, -0.25) is 24.3 Å². The summed E-state index contributed by atoms with van der Waals surface area (Å²) in [5.74, 6) is -1.37. The number of ketones is 1. The fraction of sp³-hybridized carbons (Fsp3) is 0.235. The molecule has 0 spiro atoms. The van der Waals surface area contributed by atoms with Gasteiger partial charge in [-0.05, 0) is 36.1 Å². The number of hydrogen-bond acceptors (Lipinski definition) is 8. The average Bonchev–Trinajstić information content (AvgIpc) is 3.49. The molecule has 3 aromatic carbocycles. The van der Waals surface area contributed by atoms with Crippen LogP contribution in [0.1, 0.15) is 47.1 Å². The Kier molecular flexibility index (Phi) is 9.47. The largest absolute Gasteiger partial charge is 0.444 e. The Hall–Kier alpha value is -5.58. The van der Waals surface area contributed by atoms with Gasteiger partial charge in [-0.2, -0.15) is 0 Å². The number of benzene rings is 3. The normalized spacial score (nSPS) is 11.7. The number of aromatic nitrogens is 3. The Labute approximate surface area is 259 Å². The van der Waals surface area contributed by atoms with Gasteiger partial charge >= 0.3 is 6.09 Å². The van der Waals surface area contributed by atoms with Crippen molar-refractivity contribution in [1.82, 2.24) is 20.1 Å². The molecule has 2 amide bonds. The molecule has 0 aliphatic carbocycles. The van der Waals surface area contributed by atoms with Gasteiger partial charge in [0.1, 0.15) is 18.8 Å². The number of nitrogens with zero attached hydrogens (tertiary/aromatic N) is 3. The molecule has 1 atom stereocenters. The van der Waals surface area contributed by atoms with Crippen LogP contribution in [0.2, 0.25) is 0 Å². The molecule has 11 nitrogen and oxygen atoms in total. The Bertz CT molecular complexity index is 1900. The van der Waals surface area contributed by atoms with Crippen LogP contribution in [0.5, 0.6) is 0 Å². The highest BCUT2D eigenvalue weighted by atomic mass is 16.5. The number of Topliss-reactive ketones (excluding diaryl/α,β-unsaturated/α-hetero) is 1. The molecule has 2 aromatic heterocycles. The van der Waals surface area contributed by atoms with E-state index in [4.69, 9.17) is 9.15 Å². The highest BCUT2D eigenvalue weighted by Gasteiger charge is 2.30. The summed E-state index contributed by atoms with van der Waals surface area (Å²) >= 11 is 0. The van der Waals surface area contributed by atoms with Gasteiger partial charge in [-0.25, -0.2) is 4.79 Å². The van der Waals surface area contributed by atoms with Crippen molar-refractivity contribution in [1.29, 1.82) is 0 Å². The van der Waals surface area contributed by atoms with Crippen LogP contribution in [0.3, 0.4) is 0 Å². The van der Waals surface area contributed by atoms with Gasteiger partial charge in [0.15, 0.2) is 0 Å². The van der Waals surface area contributed by atoms with Crippen molar-refractivity contribution in [3.05, 3.63) is 124 Å². The van der Waals surface area contributed by atoms with E-state index in [2.05, 4.69) is 20.8 Å².